The summed E-state index contributed by atoms with van der Waals surface area (Å²) < 4.78 is 1.34. The standard InChI is InChI=1S/C13H26N4S5/c1-7-14(8-2)16(5,12(19)20)11(18)17(6,13(21)22)15(9-3)10-4/h7-10H2,1-6H3/p+2. The molecule has 2 unspecified atom stereocenters. The second kappa shape index (κ2) is 9.33. The first kappa shape index (κ1) is 22.8. The summed E-state index contributed by atoms with van der Waals surface area (Å²) in [4.78, 5) is 0. The Kier molecular flexibility index (Phi) is 9.68. The molecular weight excluding hydrogens is 373 g/mol. The Morgan fingerprint density at radius 3 is 1.09 bits per heavy atom. The van der Waals surface area contributed by atoms with Crippen LogP contribution in [0.25, 0.3) is 0 Å². The maximum atomic E-state index is 5.88. The molecule has 0 aromatic heterocycles. The molecular formula is C13H28N4S5+2. The zero-order valence-corrected chi connectivity index (χ0v) is 18.5. The molecule has 0 radical (unpaired) electrons. The van der Waals surface area contributed by atoms with Gasteiger partial charge in [-0.25, -0.2) is 0 Å². The van der Waals surface area contributed by atoms with Gasteiger partial charge in [0, 0.05) is 26.2 Å². The maximum absolute atomic E-state index is 5.88. The van der Waals surface area contributed by atoms with E-state index in [2.05, 4.69) is 63.0 Å². The molecule has 0 saturated heterocycles. The summed E-state index contributed by atoms with van der Waals surface area (Å²) in [6.45, 7) is 11.5. The van der Waals surface area contributed by atoms with Gasteiger partial charge in [0.25, 0.3) is 8.64 Å². The van der Waals surface area contributed by atoms with Crippen molar-refractivity contribution in [3.05, 3.63) is 0 Å². The summed E-state index contributed by atoms with van der Waals surface area (Å²) in [5, 5.41) is 4.96. The van der Waals surface area contributed by atoms with E-state index in [1.54, 1.807) is 0 Å². The Morgan fingerprint density at radius 2 is 0.955 bits per heavy atom. The van der Waals surface area contributed by atoms with E-state index in [-0.39, 0.29) is 9.18 Å². The molecule has 0 N–H and O–H groups in total. The molecule has 0 aliphatic rings. The molecule has 0 heterocycles. The summed E-state index contributed by atoms with van der Waals surface area (Å²) in [5.74, 6) is 0. The summed E-state index contributed by atoms with van der Waals surface area (Å²) >= 11 is 25.7. The van der Waals surface area contributed by atoms with E-state index in [9.17, 15) is 0 Å². The fraction of sp³-hybridized carbons (Fsp3) is 0.769. The highest BCUT2D eigenvalue weighted by Gasteiger charge is 2.54. The van der Waals surface area contributed by atoms with Crippen LogP contribution in [-0.4, -0.2) is 73.2 Å². The van der Waals surface area contributed by atoms with Crippen molar-refractivity contribution in [3.63, 3.8) is 0 Å². The van der Waals surface area contributed by atoms with E-state index in [4.69, 9.17) is 36.7 Å². The minimum atomic E-state index is 0.175. The first-order valence-electron chi connectivity index (χ1n) is 7.34. The largest absolute Gasteiger partial charge is 0.416 e. The van der Waals surface area contributed by atoms with Crippen LogP contribution in [0.2, 0.25) is 0 Å². The lowest BCUT2D eigenvalue weighted by atomic mass is 10.5. The van der Waals surface area contributed by atoms with Crippen LogP contribution in [0.1, 0.15) is 27.7 Å². The molecule has 0 aliphatic carbocycles. The molecule has 0 amide bonds. The van der Waals surface area contributed by atoms with Gasteiger partial charge in [-0.3, -0.25) is 0 Å². The number of nitrogens with zero attached hydrogens (tertiary/aromatic N) is 4. The molecule has 128 valence electrons. The monoisotopic (exact) mass is 400 g/mol. The maximum Gasteiger partial charge on any atom is 0.416 e. The Morgan fingerprint density at radius 1 is 0.727 bits per heavy atom. The highest BCUT2D eigenvalue weighted by atomic mass is 32.1. The molecule has 0 aromatic carbocycles. The van der Waals surface area contributed by atoms with Crippen LogP contribution in [0.4, 0.5) is 0 Å². The van der Waals surface area contributed by atoms with Crippen LogP contribution in [0.3, 0.4) is 0 Å². The van der Waals surface area contributed by atoms with Crippen molar-refractivity contribution in [3.8, 4) is 0 Å². The van der Waals surface area contributed by atoms with E-state index >= 15 is 0 Å². The first-order valence-corrected chi connectivity index (χ1v) is 9.46. The lowest BCUT2D eigenvalue weighted by molar-refractivity contribution is -0.967. The predicted molar refractivity (Wildman–Crippen MR) is 114 cm³/mol. The average molecular weight is 401 g/mol. The van der Waals surface area contributed by atoms with Crippen molar-refractivity contribution in [2.45, 2.75) is 27.7 Å². The summed E-state index contributed by atoms with van der Waals surface area (Å²) in [6.07, 6.45) is 0. The third-order valence-corrected chi connectivity index (χ3v) is 6.28. The molecule has 4 nitrogen and oxygen atoms in total. The second-order valence-corrected chi connectivity index (χ2v) is 7.63. The van der Waals surface area contributed by atoms with E-state index in [0.717, 1.165) is 26.2 Å². The molecule has 0 spiro atoms. The van der Waals surface area contributed by atoms with Crippen molar-refractivity contribution in [2.24, 2.45) is 0 Å². The second-order valence-electron chi connectivity index (χ2n) is 5.04. The number of thiocarbonyl (C=S) groups is 3. The van der Waals surface area contributed by atoms with Gasteiger partial charge in [-0.15, -0.1) is 19.2 Å². The zero-order valence-electron chi connectivity index (χ0n) is 14.2. The number of hydrogen-bond acceptors (Lipinski definition) is 5. The van der Waals surface area contributed by atoms with Gasteiger partial charge >= 0.3 is 5.11 Å². The van der Waals surface area contributed by atoms with Gasteiger partial charge in [-0.2, -0.15) is 0 Å². The molecule has 0 aromatic rings. The summed E-state index contributed by atoms with van der Waals surface area (Å²) in [6, 6.07) is 0. The van der Waals surface area contributed by atoms with Crippen LogP contribution in [0.15, 0.2) is 0 Å². The average Bonchev–Trinajstić information content (AvgIpc) is 2.47. The lowest BCUT2D eigenvalue weighted by Gasteiger charge is -2.46. The van der Waals surface area contributed by atoms with Crippen molar-refractivity contribution in [1.29, 1.82) is 0 Å². The molecule has 0 rings (SSSR count). The van der Waals surface area contributed by atoms with Gasteiger partial charge in [-0.05, 0) is 52.1 Å². The van der Waals surface area contributed by atoms with E-state index in [1.807, 2.05) is 14.1 Å². The van der Waals surface area contributed by atoms with Crippen LogP contribution in [0.5, 0.6) is 0 Å². The fourth-order valence-electron chi connectivity index (χ4n) is 2.61. The Labute approximate surface area is 162 Å². The SMILES string of the molecule is CCN(CC)[N+](C)(C(=S)S)C(=S)[N+](C)(C(=S)S)N(CC)CC. The van der Waals surface area contributed by atoms with Gasteiger partial charge in [-0.1, -0.05) is 25.3 Å². The lowest BCUT2D eigenvalue weighted by Crippen LogP contribution is -2.75. The number of rotatable bonds is 6. The number of quaternary nitrogens is 2. The molecule has 0 fully saturated rings. The number of hydrogen-bond donors (Lipinski definition) is 2. The Hall–Kier alpha value is 0.810. The molecule has 0 aliphatic heterocycles. The van der Waals surface area contributed by atoms with E-state index < -0.39 is 0 Å². The van der Waals surface area contributed by atoms with Crippen molar-refractivity contribution in [1.82, 2.24) is 10.0 Å². The van der Waals surface area contributed by atoms with Crippen LogP contribution < -0.4 is 0 Å². The van der Waals surface area contributed by atoms with Crippen LogP contribution in [0, 0.1) is 0 Å². The Balaban J connectivity index is 6.19. The molecule has 2 atom stereocenters. The van der Waals surface area contributed by atoms with Gasteiger partial charge in [0.1, 0.15) is 14.1 Å². The van der Waals surface area contributed by atoms with E-state index in [0.29, 0.717) is 13.8 Å². The highest BCUT2D eigenvalue weighted by Crippen LogP contribution is 2.26. The molecule has 22 heavy (non-hydrogen) atoms. The van der Waals surface area contributed by atoms with Gasteiger partial charge in [0.05, 0.1) is 12.2 Å². The third kappa shape index (κ3) is 4.07. The summed E-state index contributed by atoms with van der Waals surface area (Å²) in [7, 11) is 3.94. The molecule has 0 bridgehead atoms. The quantitative estimate of drug-likeness (QED) is 0.305. The minimum absolute atomic E-state index is 0.175. The molecule has 0 saturated carbocycles. The van der Waals surface area contributed by atoms with Gasteiger partial charge < -0.3 is 0 Å². The molecule has 9 heteroatoms. The minimum Gasteiger partial charge on any atom is -0.139 e. The first-order chi connectivity index (χ1) is 10.1. The van der Waals surface area contributed by atoms with Crippen LogP contribution >= 0.6 is 61.9 Å². The van der Waals surface area contributed by atoms with Gasteiger partial charge in [0.2, 0.25) is 0 Å². The van der Waals surface area contributed by atoms with Crippen molar-refractivity contribution >= 4 is 75.7 Å². The predicted octanol–water partition coefficient (Wildman–Crippen LogP) is 3.11. The topological polar surface area (TPSA) is 6.48 Å². The zero-order chi connectivity index (χ0) is 17.7. The summed E-state index contributed by atoms with van der Waals surface area (Å²) in [5.41, 5.74) is 0. The number of thiol groups is 2. The normalized spacial score (nSPS) is 17.2. The van der Waals surface area contributed by atoms with Crippen molar-refractivity contribution in [2.75, 3.05) is 40.3 Å². The Bertz CT molecular complexity index is 398. The van der Waals surface area contributed by atoms with Gasteiger partial charge in [0.15, 0.2) is 0 Å². The third-order valence-electron chi connectivity index (χ3n) is 4.08. The smallest absolute Gasteiger partial charge is 0.139 e. The fourth-order valence-corrected chi connectivity index (χ4v) is 4.12. The highest BCUT2D eigenvalue weighted by molar-refractivity contribution is 8.11. The van der Waals surface area contributed by atoms with Crippen molar-refractivity contribution < 1.29 is 9.18 Å². The van der Waals surface area contributed by atoms with Crippen LogP contribution in [-0.2, 0) is 0 Å². The van der Waals surface area contributed by atoms with E-state index in [1.165, 1.54) is 0 Å².